The molecule has 1 aromatic heterocycles. The first-order valence-electron chi connectivity index (χ1n) is 10.8. The van der Waals surface area contributed by atoms with Gasteiger partial charge in [-0.25, -0.2) is 0 Å². The largest absolute Gasteiger partial charge is 1.00 e. The van der Waals surface area contributed by atoms with Crippen molar-refractivity contribution < 1.29 is 47.5 Å². The Morgan fingerprint density at radius 3 is 2.45 bits per heavy atom. The lowest BCUT2D eigenvalue weighted by atomic mass is 9.88. The van der Waals surface area contributed by atoms with Gasteiger partial charge in [0.05, 0.1) is 25.2 Å². The summed E-state index contributed by atoms with van der Waals surface area (Å²) < 4.78 is 25.1. The third kappa shape index (κ3) is 3.57. The highest BCUT2D eigenvalue weighted by Crippen LogP contribution is 2.44. The van der Waals surface area contributed by atoms with Gasteiger partial charge in [0.1, 0.15) is 0 Å². The normalized spacial score (nSPS) is 13.2. The average Bonchev–Trinajstić information content (AvgIpc) is 3.29. The second kappa shape index (κ2) is 8.74. The van der Waals surface area contributed by atoms with Gasteiger partial charge < -0.3 is 42.9 Å². The number of ether oxygens (including phenoxy) is 4. The molecular formula is C27H24INO4. The summed E-state index contributed by atoms with van der Waals surface area (Å²) >= 11 is 0. The van der Waals surface area contributed by atoms with Crippen molar-refractivity contribution in [2.24, 2.45) is 0 Å². The molecule has 0 fully saturated rings. The molecule has 6 rings (SSSR count). The van der Waals surface area contributed by atoms with Gasteiger partial charge >= 0.3 is 0 Å². The van der Waals surface area contributed by atoms with Crippen LogP contribution in [-0.4, -0.2) is 21.0 Å². The Balaban J connectivity index is 0.00000228. The highest BCUT2D eigenvalue weighted by Gasteiger charge is 2.32. The number of hydrogen-bond donors (Lipinski definition) is 0. The van der Waals surface area contributed by atoms with E-state index in [1.165, 1.54) is 33.3 Å². The molecule has 0 saturated heterocycles. The number of fused-ring (bicyclic) bond motifs is 5. The van der Waals surface area contributed by atoms with Crippen LogP contribution in [0, 0.1) is 0 Å². The minimum absolute atomic E-state index is 0. The first-order valence-corrected chi connectivity index (χ1v) is 10.8. The van der Waals surface area contributed by atoms with Crippen LogP contribution in [0.2, 0.25) is 0 Å². The van der Waals surface area contributed by atoms with Gasteiger partial charge in [0.15, 0.2) is 35.7 Å². The van der Waals surface area contributed by atoms with E-state index >= 15 is 0 Å². The Hall–Kier alpha value is -3.00. The zero-order chi connectivity index (χ0) is 21.7. The second-order valence-corrected chi connectivity index (χ2v) is 8.19. The lowest BCUT2D eigenvalue weighted by molar-refractivity contribution is -0.686. The Morgan fingerprint density at radius 2 is 1.70 bits per heavy atom. The number of pyridine rings is 1. The van der Waals surface area contributed by atoms with Gasteiger partial charge in [-0.15, -0.1) is 0 Å². The van der Waals surface area contributed by atoms with E-state index in [-0.39, 0.29) is 30.8 Å². The number of aryl methyl sites for hydroxylation is 2. The molecule has 0 N–H and O–H groups in total. The summed E-state index contributed by atoms with van der Waals surface area (Å²) in [4.78, 5) is 0. The van der Waals surface area contributed by atoms with Crippen LogP contribution in [0.15, 0.2) is 60.8 Å². The molecule has 3 aromatic carbocycles. The highest BCUT2D eigenvalue weighted by atomic mass is 127. The van der Waals surface area contributed by atoms with Crippen LogP contribution in [-0.2, 0) is 19.4 Å². The van der Waals surface area contributed by atoms with Gasteiger partial charge in [-0.05, 0) is 35.4 Å². The lowest BCUT2D eigenvalue weighted by Gasteiger charge is -2.21. The van der Waals surface area contributed by atoms with E-state index in [1.807, 2.05) is 6.07 Å². The first-order chi connectivity index (χ1) is 15.8. The third-order valence-corrected chi connectivity index (χ3v) is 6.47. The van der Waals surface area contributed by atoms with Crippen molar-refractivity contribution in [3.8, 4) is 34.3 Å². The second-order valence-electron chi connectivity index (χ2n) is 8.19. The highest BCUT2D eigenvalue weighted by molar-refractivity contribution is 5.95. The maximum Gasteiger partial charge on any atom is 0.231 e. The molecule has 0 radical (unpaired) electrons. The Kier molecular flexibility index (Phi) is 5.78. The van der Waals surface area contributed by atoms with Crippen LogP contribution in [0.3, 0.4) is 0 Å². The number of nitrogens with zero attached hydrogens (tertiary/aromatic N) is 1. The molecular weight excluding hydrogens is 529 g/mol. The van der Waals surface area contributed by atoms with Gasteiger partial charge in [0.25, 0.3) is 0 Å². The van der Waals surface area contributed by atoms with Gasteiger partial charge in [0.2, 0.25) is 12.5 Å². The van der Waals surface area contributed by atoms with Crippen LogP contribution in [0.1, 0.15) is 16.7 Å². The SMILES string of the molecule is COc1ccc2c(Cc3ccccc3)c3[n+](cc2c1OC)CCc1cc2c(cc1-3)OCO2.[I-]. The van der Waals surface area contributed by atoms with Crippen molar-refractivity contribution >= 4 is 10.8 Å². The summed E-state index contributed by atoms with van der Waals surface area (Å²) in [7, 11) is 3.38. The number of benzene rings is 3. The summed E-state index contributed by atoms with van der Waals surface area (Å²) in [5.41, 5.74) is 6.28. The van der Waals surface area contributed by atoms with Crippen molar-refractivity contribution in [3.05, 3.63) is 77.5 Å². The molecule has 3 heterocycles. The first kappa shape index (κ1) is 21.8. The number of aromatic nitrogens is 1. The Bertz CT molecular complexity index is 1350. The fourth-order valence-electron chi connectivity index (χ4n) is 4.99. The van der Waals surface area contributed by atoms with Crippen LogP contribution in [0.4, 0.5) is 0 Å². The topological polar surface area (TPSA) is 40.8 Å². The molecule has 33 heavy (non-hydrogen) atoms. The molecule has 6 heteroatoms. The van der Waals surface area contributed by atoms with Crippen molar-refractivity contribution in [3.63, 3.8) is 0 Å². The number of methoxy groups -OCH3 is 2. The van der Waals surface area contributed by atoms with Crippen molar-refractivity contribution in [2.75, 3.05) is 21.0 Å². The van der Waals surface area contributed by atoms with E-state index in [0.717, 1.165) is 47.8 Å². The minimum Gasteiger partial charge on any atom is -1.00 e. The monoisotopic (exact) mass is 553 g/mol. The van der Waals surface area contributed by atoms with Crippen molar-refractivity contribution in [1.82, 2.24) is 0 Å². The zero-order valence-electron chi connectivity index (χ0n) is 18.6. The Labute approximate surface area is 209 Å². The molecule has 0 aliphatic carbocycles. The fraction of sp³-hybridized carbons (Fsp3) is 0.222. The molecule has 4 aromatic rings. The molecule has 2 aliphatic heterocycles. The standard InChI is InChI=1S/C27H24NO4.HI/c1-29-23-9-8-19-21(12-17-6-4-3-5-7-17)26-20-14-25-24(31-16-32-25)13-18(20)10-11-28(26)15-22(19)27(23)30-2;/h3-9,13-15H,10-12,16H2,1-2H3;1H/q+1;/p-1. The predicted molar refractivity (Wildman–Crippen MR) is 122 cm³/mol. The van der Waals surface area contributed by atoms with Crippen LogP contribution >= 0.6 is 0 Å². The van der Waals surface area contributed by atoms with Crippen LogP contribution < -0.4 is 47.5 Å². The summed E-state index contributed by atoms with van der Waals surface area (Å²) in [5.74, 6) is 3.17. The summed E-state index contributed by atoms with van der Waals surface area (Å²) in [6.45, 7) is 1.17. The van der Waals surface area contributed by atoms with E-state index in [2.05, 4.69) is 59.3 Å². The van der Waals surface area contributed by atoms with Gasteiger partial charge in [0, 0.05) is 23.8 Å². The molecule has 0 amide bonds. The van der Waals surface area contributed by atoms with Crippen LogP contribution in [0.25, 0.3) is 22.0 Å². The molecule has 2 aliphatic rings. The summed E-state index contributed by atoms with van der Waals surface area (Å²) in [6, 6.07) is 19.0. The Morgan fingerprint density at radius 1 is 0.909 bits per heavy atom. The summed E-state index contributed by atoms with van der Waals surface area (Å²) in [6.07, 6.45) is 3.96. The van der Waals surface area contributed by atoms with Gasteiger partial charge in [-0.3, -0.25) is 0 Å². The number of hydrogen-bond acceptors (Lipinski definition) is 4. The molecule has 0 spiro atoms. The van der Waals surface area contributed by atoms with E-state index < -0.39 is 0 Å². The van der Waals surface area contributed by atoms with E-state index in [9.17, 15) is 0 Å². The molecule has 0 atom stereocenters. The quantitative estimate of drug-likeness (QED) is 0.285. The molecule has 168 valence electrons. The number of rotatable bonds is 4. The van der Waals surface area contributed by atoms with Crippen molar-refractivity contribution in [2.45, 2.75) is 19.4 Å². The predicted octanol–water partition coefficient (Wildman–Crippen LogP) is 1.69. The molecule has 0 unspecified atom stereocenters. The van der Waals surface area contributed by atoms with E-state index in [0.29, 0.717) is 0 Å². The third-order valence-electron chi connectivity index (χ3n) is 6.47. The lowest BCUT2D eigenvalue weighted by Crippen LogP contribution is -3.00. The summed E-state index contributed by atoms with van der Waals surface area (Å²) in [5, 5.41) is 2.23. The average molecular weight is 553 g/mol. The van der Waals surface area contributed by atoms with Gasteiger partial charge in [-0.1, -0.05) is 30.3 Å². The maximum atomic E-state index is 5.80. The van der Waals surface area contributed by atoms with E-state index in [4.69, 9.17) is 18.9 Å². The molecule has 0 bridgehead atoms. The fourth-order valence-corrected chi connectivity index (χ4v) is 4.99. The van der Waals surface area contributed by atoms with Crippen molar-refractivity contribution in [1.29, 1.82) is 0 Å². The molecule has 0 saturated carbocycles. The maximum absolute atomic E-state index is 5.80. The smallest absolute Gasteiger partial charge is 0.231 e. The zero-order valence-corrected chi connectivity index (χ0v) is 20.7. The van der Waals surface area contributed by atoms with Crippen LogP contribution in [0.5, 0.6) is 23.0 Å². The van der Waals surface area contributed by atoms with E-state index in [1.54, 1.807) is 14.2 Å². The number of halogens is 1. The molecule has 5 nitrogen and oxygen atoms in total. The van der Waals surface area contributed by atoms with Gasteiger partial charge in [-0.2, -0.15) is 4.57 Å². The minimum atomic E-state index is 0.